The fraction of sp³-hybridized carbons (Fsp3) is 0.333. The number of aromatic amines is 1. The summed E-state index contributed by atoms with van der Waals surface area (Å²) in [7, 11) is 0. The second-order valence-corrected chi connectivity index (χ2v) is 5.32. The van der Waals surface area contributed by atoms with Crippen molar-refractivity contribution in [3.05, 3.63) is 39.3 Å². The first-order valence-corrected chi connectivity index (χ1v) is 6.45. The molecule has 3 N–H and O–H groups in total. The number of nitrogens with zero attached hydrogens (tertiary/aromatic N) is 1. The smallest absolute Gasteiger partial charge is 0.308 e. The van der Waals surface area contributed by atoms with E-state index in [1.165, 1.54) is 11.3 Å². The van der Waals surface area contributed by atoms with Crippen LogP contribution in [0, 0.1) is 6.92 Å². The van der Waals surface area contributed by atoms with Gasteiger partial charge >= 0.3 is 5.97 Å². The van der Waals surface area contributed by atoms with Gasteiger partial charge in [0.15, 0.2) is 0 Å². The van der Waals surface area contributed by atoms with Crippen molar-refractivity contribution in [3.8, 4) is 0 Å². The first-order valence-electron chi connectivity index (χ1n) is 5.64. The van der Waals surface area contributed by atoms with Crippen LogP contribution in [0.1, 0.15) is 21.0 Å². The Labute approximate surface area is 109 Å². The molecule has 0 aliphatic heterocycles. The van der Waals surface area contributed by atoms with E-state index >= 15 is 0 Å². The van der Waals surface area contributed by atoms with Gasteiger partial charge in [-0.15, -0.1) is 11.3 Å². The van der Waals surface area contributed by atoms with Crippen LogP contribution >= 0.6 is 11.3 Å². The molecule has 2 rings (SSSR count). The largest absolute Gasteiger partial charge is 0.481 e. The molecule has 2 aromatic rings. The SMILES string of the molecule is Cc1[nH]ncc1CNCc1ccc(CC(=O)O)s1. The first kappa shape index (κ1) is 12.8. The zero-order chi connectivity index (χ0) is 13.0. The van der Waals surface area contributed by atoms with Crippen molar-refractivity contribution in [1.29, 1.82) is 0 Å². The van der Waals surface area contributed by atoms with E-state index in [1.54, 1.807) is 0 Å². The molecular weight excluding hydrogens is 250 g/mol. The number of carboxylic acid groups (broad SMARTS) is 1. The topological polar surface area (TPSA) is 78.0 Å². The average Bonchev–Trinajstić information content (AvgIpc) is 2.89. The normalized spacial score (nSPS) is 10.7. The molecule has 0 radical (unpaired) electrons. The second kappa shape index (κ2) is 5.79. The van der Waals surface area contributed by atoms with Gasteiger partial charge in [-0.2, -0.15) is 5.10 Å². The summed E-state index contributed by atoms with van der Waals surface area (Å²) in [6, 6.07) is 3.84. The highest BCUT2D eigenvalue weighted by molar-refractivity contribution is 7.12. The zero-order valence-corrected chi connectivity index (χ0v) is 10.9. The predicted octanol–water partition coefficient (Wildman–Crippen LogP) is 1.70. The molecule has 0 atom stereocenters. The van der Waals surface area contributed by atoms with Crippen molar-refractivity contribution in [3.63, 3.8) is 0 Å². The Morgan fingerprint density at radius 2 is 2.22 bits per heavy atom. The van der Waals surface area contributed by atoms with Crippen molar-refractivity contribution >= 4 is 17.3 Å². The lowest BCUT2D eigenvalue weighted by molar-refractivity contribution is -0.136. The first-order chi connectivity index (χ1) is 8.65. The van der Waals surface area contributed by atoms with E-state index in [0.29, 0.717) is 0 Å². The third-order valence-corrected chi connectivity index (χ3v) is 3.68. The number of nitrogens with one attached hydrogen (secondary N) is 2. The van der Waals surface area contributed by atoms with E-state index < -0.39 is 5.97 Å². The van der Waals surface area contributed by atoms with Crippen LogP contribution in [0.15, 0.2) is 18.3 Å². The van der Waals surface area contributed by atoms with E-state index in [4.69, 9.17) is 5.11 Å². The molecule has 2 aromatic heterocycles. The number of hydrogen-bond acceptors (Lipinski definition) is 4. The van der Waals surface area contributed by atoms with E-state index in [9.17, 15) is 4.79 Å². The Morgan fingerprint density at radius 3 is 2.89 bits per heavy atom. The van der Waals surface area contributed by atoms with Gasteiger partial charge in [0.05, 0.1) is 12.6 Å². The Balaban J connectivity index is 1.82. The van der Waals surface area contributed by atoms with E-state index in [-0.39, 0.29) is 6.42 Å². The summed E-state index contributed by atoms with van der Waals surface area (Å²) in [5.74, 6) is -0.787. The summed E-state index contributed by atoms with van der Waals surface area (Å²) in [4.78, 5) is 12.6. The lowest BCUT2D eigenvalue weighted by atomic mass is 10.2. The second-order valence-electron chi connectivity index (χ2n) is 4.06. The molecule has 0 bridgehead atoms. The number of rotatable bonds is 6. The fourth-order valence-electron chi connectivity index (χ4n) is 1.64. The van der Waals surface area contributed by atoms with E-state index in [2.05, 4.69) is 15.5 Å². The van der Waals surface area contributed by atoms with E-state index in [0.717, 1.165) is 34.1 Å². The maximum atomic E-state index is 10.6. The summed E-state index contributed by atoms with van der Waals surface area (Å²) in [6.45, 7) is 3.49. The average molecular weight is 265 g/mol. The summed E-state index contributed by atoms with van der Waals surface area (Å²) < 4.78 is 0. The summed E-state index contributed by atoms with van der Waals surface area (Å²) >= 11 is 1.54. The molecule has 0 saturated heterocycles. The minimum Gasteiger partial charge on any atom is -0.481 e. The quantitative estimate of drug-likeness (QED) is 0.743. The van der Waals surface area contributed by atoms with Gasteiger partial charge in [-0.05, 0) is 19.1 Å². The maximum absolute atomic E-state index is 10.6. The molecule has 0 spiro atoms. The molecular formula is C12H15N3O2S. The van der Waals surface area contributed by atoms with Crippen LogP contribution in [0.4, 0.5) is 0 Å². The molecule has 0 saturated carbocycles. The minimum absolute atomic E-state index is 0.103. The highest BCUT2D eigenvalue weighted by Gasteiger charge is 2.05. The van der Waals surface area contributed by atoms with Gasteiger partial charge < -0.3 is 10.4 Å². The Hall–Kier alpha value is -1.66. The van der Waals surface area contributed by atoms with Gasteiger partial charge in [0.25, 0.3) is 0 Å². The monoisotopic (exact) mass is 265 g/mol. The van der Waals surface area contributed by atoms with Crippen LogP contribution in [0.2, 0.25) is 0 Å². The van der Waals surface area contributed by atoms with Crippen molar-refractivity contribution < 1.29 is 9.90 Å². The van der Waals surface area contributed by atoms with Gasteiger partial charge in [-0.1, -0.05) is 0 Å². The molecule has 6 heteroatoms. The van der Waals surface area contributed by atoms with Gasteiger partial charge in [0.1, 0.15) is 0 Å². The number of aryl methyl sites for hydroxylation is 1. The Morgan fingerprint density at radius 1 is 1.44 bits per heavy atom. The standard InChI is InChI=1S/C12H15N3O2S/c1-8-9(6-14-15-8)5-13-7-11-3-2-10(18-11)4-12(16)17/h2-3,6,13H,4-5,7H2,1H3,(H,14,15)(H,16,17). The van der Waals surface area contributed by atoms with Crippen LogP contribution in [0.5, 0.6) is 0 Å². The van der Waals surface area contributed by atoms with Crippen molar-refractivity contribution in [2.45, 2.75) is 26.4 Å². The van der Waals surface area contributed by atoms with Gasteiger partial charge in [-0.25, -0.2) is 0 Å². The minimum atomic E-state index is -0.787. The molecule has 96 valence electrons. The lowest BCUT2D eigenvalue weighted by Gasteiger charge is -2.01. The van der Waals surface area contributed by atoms with Gasteiger partial charge in [0, 0.05) is 34.1 Å². The maximum Gasteiger partial charge on any atom is 0.308 e. The van der Waals surface area contributed by atoms with Crippen LogP contribution < -0.4 is 5.32 Å². The number of H-pyrrole nitrogens is 1. The number of aromatic nitrogens is 2. The van der Waals surface area contributed by atoms with Crippen LogP contribution in [-0.4, -0.2) is 21.3 Å². The molecule has 18 heavy (non-hydrogen) atoms. The number of carboxylic acids is 1. The lowest BCUT2D eigenvalue weighted by Crippen LogP contribution is -2.11. The molecule has 0 aliphatic rings. The number of carbonyl (C=O) groups is 1. The van der Waals surface area contributed by atoms with Gasteiger partial charge in [-0.3, -0.25) is 9.89 Å². The van der Waals surface area contributed by atoms with Crippen molar-refractivity contribution in [2.75, 3.05) is 0 Å². The molecule has 0 fully saturated rings. The van der Waals surface area contributed by atoms with Crippen LogP contribution in [0.25, 0.3) is 0 Å². The van der Waals surface area contributed by atoms with Gasteiger partial charge in [0.2, 0.25) is 0 Å². The highest BCUT2D eigenvalue weighted by atomic mass is 32.1. The number of hydrogen-bond donors (Lipinski definition) is 3. The molecule has 0 aliphatic carbocycles. The fourth-order valence-corrected chi connectivity index (χ4v) is 2.61. The third kappa shape index (κ3) is 3.41. The predicted molar refractivity (Wildman–Crippen MR) is 69.5 cm³/mol. The molecule has 5 nitrogen and oxygen atoms in total. The number of thiophene rings is 1. The summed E-state index contributed by atoms with van der Waals surface area (Å²) in [5, 5.41) is 18.8. The summed E-state index contributed by atoms with van der Waals surface area (Å²) in [6.07, 6.45) is 1.91. The number of aliphatic carboxylic acids is 1. The third-order valence-electron chi connectivity index (χ3n) is 2.59. The van der Waals surface area contributed by atoms with Crippen LogP contribution in [0.3, 0.4) is 0 Å². The molecule has 0 aromatic carbocycles. The van der Waals surface area contributed by atoms with E-state index in [1.807, 2.05) is 25.3 Å². The Bertz CT molecular complexity index is 533. The molecule has 0 unspecified atom stereocenters. The van der Waals surface area contributed by atoms with Crippen LogP contribution in [-0.2, 0) is 24.3 Å². The molecule has 2 heterocycles. The van der Waals surface area contributed by atoms with Crippen molar-refractivity contribution in [1.82, 2.24) is 15.5 Å². The summed E-state index contributed by atoms with van der Waals surface area (Å²) in [5.41, 5.74) is 2.22. The highest BCUT2D eigenvalue weighted by Crippen LogP contribution is 2.17. The van der Waals surface area contributed by atoms with Crippen molar-refractivity contribution in [2.24, 2.45) is 0 Å². The Kier molecular flexibility index (Phi) is 4.11. The molecule has 0 amide bonds. The zero-order valence-electron chi connectivity index (χ0n) is 10.1.